The second-order valence-corrected chi connectivity index (χ2v) is 7.76. The van der Waals surface area contributed by atoms with Crippen LogP contribution >= 0.6 is 31.9 Å². The molecule has 0 amide bonds. The molecule has 0 bridgehead atoms. The molecule has 0 saturated carbocycles. The van der Waals surface area contributed by atoms with Crippen LogP contribution in [0.3, 0.4) is 0 Å². The number of alkyl halides is 2. The highest BCUT2D eigenvalue weighted by atomic mass is 79.9. The van der Waals surface area contributed by atoms with Gasteiger partial charge < -0.3 is 0 Å². The lowest BCUT2D eigenvalue weighted by molar-refractivity contribution is 0.703. The van der Waals surface area contributed by atoms with Crippen molar-refractivity contribution in [3.05, 3.63) is 0 Å². The zero-order valence-corrected chi connectivity index (χ0v) is 11.0. The van der Waals surface area contributed by atoms with Crippen molar-refractivity contribution >= 4 is 42.1 Å². The SMILES string of the molecule is [SiH3]C(Br)CCCCCBr. The van der Waals surface area contributed by atoms with Crippen LogP contribution in [0.5, 0.6) is 0 Å². The van der Waals surface area contributed by atoms with Gasteiger partial charge in [-0.25, -0.2) is 0 Å². The van der Waals surface area contributed by atoms with Gasteiger partial charge >= 0.3 is 0 Å². The number of hydrogen-bond acceptors (Lipinski definition) is 0. The van der Waals surface area contributed by atoms with Gasteiger partial charge in [-0.2, -0.15) is 0 Å². The molecule has 0 saturated heterocycles. The molecular weight excluding hydrogens is 260 g/mol. The summed E-state index contributed by atoms with van der Waals surface area (Å²) < 4.78 is 0.841. The van der Waals surface area contributed by atoms with Crippen LogP contribution in [-0.2, 0) is 0 Å². The van der Waals surface area contributed by atoms with Gasteiger partial charge in [0.05, 0.1) is 0 Å². The summed E-state index contributed by atoms with van der Waals surface area (Å²) in [5.74, 6) is 0. The van der Waals surface area contributed by atoms with E-state index in [0.29, 0.717) is 0 Å². The maximum absolute atomic E-state index is 3.58. The molecular formula is C6H14Br2Si. The van der Waals surface area contributed by atoms with Gasteiger partial charge in [-0.15, -0.1) is 0 Å². The molecule has 0 aromatic heterocycles. The van der Waals surface area contributed by atoms with Crippen LogP contribution < -0.4 is 0 Å². The van der Waals surface area contributed by atoms with E-state index < -0.39 is 0 Å². The molecule has 0 rings (SSSR count). The fraction of sp³-hybridized carbons (Fsp3) is 1.00. The summed E-state index contributed by atoms with van der Waals surface area (Å²) in [6.07, 6.45) is 5.49. The van der Waals surface area contributed by atoms with Gasteiger partial charge in [0.1, 0.15) is 0 Å². The summed E-state index contributed by atoms with van der Waals surface area (Å²) in [5.41, 5.74) is 0. The summed E-state index contributed by atoms with van der Waals surface area (Å²) in [7, 11) is 1.29. The third-order valence-corrected chi connectivity index (χ3v) is 2.83. The molecule has 0 aromatic rings. The standard InChI is InChI=1S/C6H14Br2Si/c7-5-3-1-2-4-6(8)9/h6H,1-5H2,9H3. The van der Waals surface area contributed by atoms with Crippen LogP contribution in [0.15, 0.2) is 0 Å². The average molecular weight is 274 g/mol. The second kappa shape index (κ2) is 7.29. The van der Waals surface area contributed by atoms with Gasteiger partial charge in [0.25, 0.3) is 0 Å². The van der Waals surface area contributed by atoms with Crippen LogP contribution in [0.25, 0.3) is 0 Å². The van der Waals surface area contributed by atoms with Crippen molar-refractivity contribution in [2.45, 2.75) is 30.1 Å². The van der Waals surface area contributed by atoms with Crippen molar-refractivity contribution in [3.8, 4) is 0 Å². The van der Waals surface area contributed by atoms with Crippen LogP contribution in [0.1, 0.15) is 25.7 Å². The Bertz CT molecular complexity index is 57.0. The van der Waals surface area contributed by atoms with Gasteiger partial charge in [-0.3, -0.25) is 0 Å². The van der Waals surface area contributed by atoms with E-state index in [-0.39, 0.29) is 0 Å². The van der Waals surface area contributed by atoms with E-state index in [0.717, 1.165) is 4.45 Å². The fourth-order valence-corrected chi connectivity index (χ4v) is 1.83. The molecule has 0 spiro atoms. The molecule has 0 N–H and O–H groups in total. The maximum Gasteiger partial charge on any atom is 0.0201 e. The molecule has 0 fully saturated rings. The Hall–Kier alpha value is 1.18. The lowest BCUT2D eigenvalue weighted by Crippen LogP contribution is -1.94. The first-order valence-electron chi connectivity index (χ1n) is 3.47. The van der Waals surface area contributed by atoms with E-state index in [1.165, 1.54) is 41.3 Å². The van der Waals surface area contributed by atoms with E-state index >= 15 is 0 Å². The van der Waals surface area contributed by atoms with Crippen LogP contribution in [-0.4, -0.2) is 20.0 Å². The van der Waals surface area contributed by atoms with Crippen molar-refractivity contribution in [2.24, 2.45) is 0 Å². The van der Waals surface area contributed by atoms with E-state index in [4.69, 9.17) is 0 Å². The van der Waals surface area contributed by atoms with Crippen molar-refractivity contribution < 1.29 is 0 Å². The monoisotopic (exact) mass is 272 g/mol. The van der Waals surface area contributed by atoms with E-state index in [9.17, 15) is 0 Å². The topological polar surface area (TPSA) is 0 Å². The summed E-state index contributed by atoms with van der Waals surface area (Å²) in [6.45, 7) is 0. The van der Waals surface area contributed by atoms with E-state index in [1.807, 2.05) is 0 Å². The minimum Gasteiger partial charge on any atom is -0.0936 e. The summed E-state index contributed by atoms with van der Waals surface area (Å²) in [6, 6.07) is 0. The number of hydrogen-bond donors (Lipinski definition) is 0. The summed E-state index contributed by atoms with van der Waals surface area (Å²) >= 11 is 6.99. The Morgan fingerprint density at radius 1 is 1.22 bits per heavy atom. The third-order valence-electron chi connectivity index (χ3n) is 1.24. The minimum absolute atomic E-state index is 0.841. The first-order chi connectivity index (χ1) is 4.27. The van der Waals surface area contributed by atoms with Crippen LogP contribution in [0.2, 0.25) is 0 Å². The quantitative estimate of drug-likeness (QED) is 0.409. The molecule has 0 aliphatic carbocycles. The Labute approximate surface area is 77.5 Å². The molecule has 3 heteroatoms. The Morgan fingerprint density at radius 2 is 1.89 bits per heavy atom. The molecule has 1 unspecified atom stereocenters. The van der Waals surface area contributed by atoms with Crippen LogP contribution in [0, 0.1) is 0 Å². The average Bonchev–Trinajstić information content (AvgIpc) is 1.80. The number of unbranched alkanes of at least 4 members (excludes halogenated alkanes) is 2. The lowest BCUT2D eigenvalue weighted by atomic mass is 10.2. The molecule has 0 heterocycles. The van der Waals surface area contributed by atoms with E-state index in [2.05, 4.69) is 31.9 Å². The van der Waals surface area contributed by atoms with Gasteiger partial charge in [-0.05, 0) is 17.3 Å². The molecule has 0 aliphatic rings. The molecule has 0 nitrogen and oxygen atoms in total. The van der Waals surface area contributed by atoms with Crippen molar-refractivity contribution in [2.75, 3.05) is 5.33 Å². The van der Waals surface area contributed by atoms with E-state index in [1.54, 1.807) is 0 Å². The Balaban J connectivity index is 2.75. The fourth-order valence-electron chi connectivity index (χ4n) is 0.697. The molecule has 9 heavy (non-hydrogen) atoms. The smallest absolute Gasteiger partial charge is 0.0201 e. The molecule has 56 valence electrons. The van der Waals surface area contributed by atoms with Gasteiger partial charge in [0.2, 0.25) is 0 Å². The molecule has 0 radical (unpaired) electrons. The highest BCUT2D eigenvalue weighted by Crippen LogP contribution is 2.07. The summed E-state index contributed by atoms with van der Waals surface area (Å²) in [5, 5.41) is 1.17. The van der Waals surface area contributed by atoms with Gasteiger partial charge in [0.15, 0.2) is 0 Å². The number of rotatable bonds is 5. The van der Waals surface area contributed by atoms with Crippen LogP contribution in [0.4, 0.5) is 0 Å². The summed E-state index contributed by atoms with van der Waals surface area (Å²) in [4.78, 5) is 0. The predicted molar refractivity (Wildman–Crippen MR) is 54.9 cm³/mol. The Kier molecular flexibility index (Phi) is 8.24. The highest BCUT2D eigenvalue weighted by Gasteiger charge is 1.93. The highest BCUT2D eigenvalue weighted by molar-refractivity contribution is 9.10. The first kappa shape index (κ1) is 10.2. The lowest BCUT2D eigenvalue weighted by Gasteiger charge is -2.00. The number of halogens is 2. The Morgan fingerprint density at radius 3 is 2.33 bits per heavy atom. The van der Waals surface area contributed by atoms with Gasteiger partial charge in [0, 0.05) is 15.6 Å². The predicted octanol–water partition coefficient (Wildman–Crippen LogP) is 2.03. The third kappa shape index (κ3) is 9.18. The zero-order valence-electron chi connectivity index (χ0n) is 5.87. The second-order valence-electron chi connectivity index (χ2n) is 2.32. The normalized spacial score (nSPS) is 14.0. The molecule has 0 aliphatic heterocycles. The van der Waals surface area contributed by atoms with Crippen molar-refractivity contribution in [1.29, 1.82) is 0 Å². The van der Waals surface area contributed by atoms with Crippen molar-refractivity contribution in [3.63, 3.8) is 0 Å². The minimum atomic E-state index is 0.841. The molecule has 0 aromatic carbocycles. The maximum atomic E-state index is 3.58. The van der Waals surface area contributed by atoms with Gasteiger partial charge in [-0.1, -0.05) is 44.7 Å². The zero-order chi connectivity index (χ0) is 7.11. The largest absolute Gasteiger partial charge is 0.0936 e. The first-order valence-corrected chi connectivity index (χ1v) is 6.66. The van der Waals surface area contributed by atoms with Crippen molar-refractivity contribution in [1.82, 2.24) is 0 Å². The molecule has 1 atom stereocenters.